The van der Waals surface area contributed by atoms with Crippen molar-refractivity contribution in [3.8, 4) is 11.5 Å². The molecule has 1 aliphatic heterocycles. The Hall–Kier alpha value is -3.69. The number of nitro benzene ring substituents is 1. The number of halogens is 1. The van der Waals surface area contributed by atoms with E-state index in [1.54, 1.807) is 0 Å². The summed E-state index contributed by atoms with van der Waals surface area (Å²) in [6.45, 7) is -0.210. The molecule has 0 fully saturated rings. The van der Waals surface area contributed by atoms with Gasteiger partial charge >= 0.3 is 5.97 Å². The van der Waals surface area contributed by atoms with Crippen molar-refractivity contribution < 1.29 is 33.1 Å². The van der Waals surface area contributed by atoms with Gasteiger partial charge in [-0.25, -0.2) is 9.18 Å². The van der Waals surface area contributed by atoms with Crippen LogP contribution in [0.15, 0.2) is 36.4 Å². The van der Waals surface area contributed by atoms with E-state index in [9.17, 15) is 24.1 Å². The molecule has 1 aliphatic rings. The van der Waals surface area contributed by atoms with Crippen LogP contribution in [-0.2, 0) is 9.53 Å². The minimum absolute atomic E-state index is 0.151. The zero-order valence-corrected chi connectivity index (χ0v) is 13.8. The van der Waals surface area contributed by atoms with Gasteiger partial charge in [-0.05, 0) is 24.3 Å². The Balaban J connectivity index is 1.69. The van der Waals surface area contributed by atoms with Crippen LogP contribution in [0.2, 0.25) is 0 Å². The molecule has 1 heterocycles. The molecule has 0 spiro atoms. The third-order valence-corrected chi connectivity index (χ3v) is 3.54. The fourth-order valence-electron chi connectivity index (χ4n) is 2.33. The summed E-state index contributed by atoms with van der Waals surface area (Å²) in [6.07, 6.45) is 0. The SMILES string of the molecule is O=C(COC(=O)c1cc2c(cc1[N+](=O)[O-])OCCO2)Nc1ccc(F)cc1. The monoisotopic (exact) mass is 376 g/mol. The largest absolute Gasteiger partial charge is 0.486 e. The number of benzene rings is 2. The molecule has 10 heteroatoms. The molecule has 0 aromatic heterocycles. The van der Waals surface area contributed by atoms with Gasteiger partial charge < -0.3 is 19.5 Å². The number of anilines is 1. The first-order chi connectivity index (χ1) is 12.9. The lowest BCUT2D eigenvalue weighted by Gasteiger charge is -2.18. The van der Waals surface area contributed by atoms with Gasteiger partial charge in [-0.2, -0.15) is 0 Å². The van der Waals surface area contributed by atoms with Crippen LogP contribution >= 0.6 is 0 Å². The predicted octanol–water partition coefficient (Wildman–Crippen LogP) is 2.30. The highest BCUT2D eigenvalue weighted by Gasteiger charge is 2.27. The molecule has 1 N–H and O–H groups in total. The van der Waals surface area contributed by atoms with Crippen molar-refractivity contribution in [3.05, 3.63) is 57.9 Å². The van der Waals surface area contributed by atoms with Crippen molar-refractivity contribution in [1.82, 2.24) is 0 Å². The fourth-order valence-corrected chi connectivity index (χ4v) is 2.33. The highest BCUT2D eigenvalue weighted by molar-refractivity contribution is 5.98. The Morgan fingerprint density at radius 1 is 1.15 bits per heavy atom. The lowest BCUT2D eigenvalue weighted by Crippen LogP contribution is -2.22. The van der Waals surface area contributed by atoms with Gasteiger partial charge in [0.05, 0.1) is 11.0 Å². The number of nitro groups is 1. The van der Waals surface area contributed by atoms with Crippen LogP contribution in [0.25, 0.3) is 0 Å². The molecule has 27 heavy (non-hydrogen) atoms. The Morgan fingerprint density at radius 3 is 2.41 bits per heavy atom. The molecule has 0 saturated heterocycles. The smallest absolute Gasteiger partial charge is 0.345 e. The van der Waals surface area contributed by atoms with Gasteiger partial charge in [0.25, 0.3) is 11.6 Å². The van der Waals surface area contributed by atoms with Crippen molar-refractivity contribution in [2.45, 2.75) is 0 Å². The zero-order valence-electron chi connectivity index (χ0n) is 13.8. The summed E-state index contributed by atoms with van der Waals surface area (Å²) in [6, 6.07) is 7.19. The summed E-state index contributed by atoms with van der Waals surface area (Å²) < 4.78 is 28.2. The number of esters is 1. The van der Waals surface area contributed by atoms with E-state index in [0.717, 1.165) is 24.3 Å². The minimum atomic E-state index is -1.06. The maximum atomic E-state index is 12.8. The number of carbonyl (C=O) groups is 2. The van der Waals surface area contributed by atoms with Crippen LogP contribution in [0.1, 0.15) is 10.4 Å². The molecule has 0 unspecified atom stereocenters. The summed E-state index contributed by atoms with van der Waals surface area (Å²) in [5.74, 6) is -1.89. The summed E-state index contributed by atoms with van der Waals surface area (Å²) in [4.78, 5) is 34.5. The van der Waals surface area contributed by atoms with Gasteiger partial charge in [0.2, 0.25) is 0 Å². The summed E-state index contributed by atoms with van der Waals surface area (Å²) in [5, 5.41) is 13.6. The second kappa shape index (κ2) is 7.68. The van der Waals surface area contributed by atoms with Crippen LogP contribution in [0, 0.1) is 15.9 Å². The molecule has 0 atom stereocenters. The molecule has 9 nitrogen and oxygen atoms in total. The molecule has 0 aliphatic carbocycles. The van der Waals surface area contributed by atoms with E-state index < -0.39 is 34.9 Å². The Bertz CT molecular complexity index is 899. The maximum absolute atomic E-state index is 12.8. The van der Waals surface area contributed by atoms with Crippen LogP contribution in [-0.4, -0.2) is 36.6 Å². The van der Waals surface area contributed by atoms with Gasteiger partial charge in [-0.15, -0.1) is 0 Å². The lowest BCUT2D eigenvalue weighted by atomic mass is 10.1. The molecule has 3 rings (SSSR count). The molecule has 2 aromatic rings. The topological polar surface area (TPSA) is 117 Å². The third-order valence-electron chi connectivity index (χ3n) is 3.54. The van der Waals surface area contributed by atoms with Crippen LogP contribution in [0.3, 0.4) is 0 Å². The van der Waals surface area contributed by atoms with Crippen molar-refractivity contribution in [3.63, 3.8) is 0 Å². The number of ether oxygens (including phenoxy) is 3. The summed E-state index contributed by atoms with van der Waals surface area (Å²) >= 11 is 0. The van der Waals surface area contributed by atoms with Crippen molar-refractivity contribution in [2.24, 2.45) is 0 Å². The first-order valence-corrected chi connectivity index (χ1v) is 7.74. The lowest BCUT2D eigenvalue weighted by molar-refractivity contribution is -0.385. The molecule has 140 valence electrons. The average Bonchev–Trinajstić information content (AvgIpc) is 2.66. The maximum Gasteiger partial charge on any atom is 0.345 e. The Morgan fingerprint density at radius 2 is 1.78 bits per heavy atom. The molecule has 0 radical (unpaired) electrons. The number of amides is 1. The molecule has 0 bridgehead atoms. The van der Waals surface area contributed by atoms with Gasteiger partial charge in [-0.1, -0.05) is 0 Å². The second-order valence-electron chi connectivity index (χ2n) is 5.40. The average molecular weight is 376 g/mol. The van der Waals surface area contributed by atoms with E-state index in [0.29, 0.717) is 5.69 Å². The Kier molecular flexibility index (Phi) is 5.15. The van der Waals surface area contributed by atoms with E-state index in [2.05, 4.69) is 5.32 Å². The number of hydrogen-bond donors (Lipinski definition) is 1. The molecule has 2 aromatic carbocycles. The summed E-state index contributed by atoms with van der Waals surface area (Å²) in [5.41, 5.74) is -0.579. The molecule has 0 saturated carbocycles. The van der Waals surface area contributed by atoms with Gasteiger partial charge in [0.1, 0.15) is 24.6 Å². The normalized spacial score (nSPS) is 12.2. The molecular formula is C17H13FN2O7. The third kappa shape index (κ3) is 4.29. The zero-order chi connectivity index (χ0) is 19.4. The number of rotatable bonds is 5. The standard InChI is InChI=1S/C17H13FN2O7/c18-10-1-3-11(4-2-10)19-16(21)9-27-17(22)12-7-14-15(26-6-5-25-14)8-13(12)20(23)24/h1-4,7-8H,5-6,9H2,(H,19,21). The van der Waals surface area contributed by atoms with Crippen LogP contribution in [0.4, 0.5) is 15.8 Å². The highest BCUT2D eigenvalue weighted by atomic mass is 19.1. The highest BCUT2D eigenvalue weighted by Crippen LogP contribution is 2.36. The number of nitrogens with one attached hydrogen (secondary N) is 1. The van der Waals surface area contributed by atoms with Gasteiger partial charge in [0, 0.05) is 11.8 Å². The predicted molar refractivity (Wildman–Crippen MR) is 89.4 cm³/mol. The number of carbonyl (C=O) groups excluding carboxylic acids is 2. The van der Waals surface area contributed by atoms with E-state index >= 15 is 0 Å². The first-order valence-electron chi connectivity index (χ1n) is 7.74. The van der Waals surface area contributed by atoms with E-state index in [1.807, 2.05) is 0 Å². The van der Waals surface area contributed by atoms with Crippen molar-refractivity contribution in [2.75, 3.05) is 25.1 Å². The summed E-state index contributed by atoms with van der Waals surface area (Å²) in [7, 11) is 0. The van der Waals surface area contributed by atoms with Gasteiger partial charge in [-0.3, -0.25) is 14.9 Å². The number of hydrogen-bond acceptors (Lipinski definition) is 7. The Labute approximate surface area is 151 Å². The minimum Gasteiger partial charge on any atom is -0.486 e. The van der Waals surface area contributed by atoms with Crippen LogP contribution < -0.4 is 14.8 Å². The molecular weight excluding hydrogens is 363 g/mol. The fraction of sp³-hybridized carbons (Fsp3) is 0.176. The number of nitrogens with zero attached hydrogens (tertiary/aromatic N) is 1. The van der Waals surface area contributed by atoms with Crippen LogP contribution in [0.5, 0.6) is 11.5 Å². The van der Waals surface area contributed by atoms with E-state index in [-0.39, 0.29) is 30.3 Å². The van der Waals surface area contributed by atoms with Crippen molar-refractivity contribution in [1.29, 1.82) is 0 Å². The van der Waals surface area contributed by atoms with Gasteiger partial charge in [0.15, 0.2) is 18.1 Å². The first kappa shape index (κ1) is 18.1. The quantitative estimate of drug-likeness (QED) is 0.483. The molecule has 1 amide bonds. The van der Waals surface area contributed by atoms with Crippen molar-refractivity contribution >= 4 is 23.3 Å². The number of fused-ring (bicyclic) bond motifs is 1. The second-order valence-corrected chi connectivity index (χ2v) is 5.40. The van der Waals surface area contributed by atoms with E-state index in [4.69, 9.17) is 14.2 Å². The van der Waals surface area contributed by atoms with E-state index in [1.165, 1.54) is 12.1 Å².